The number of benzene rings is 1. The van der Waals surface area contributed by atoms with Gasteiger partial charge in [-0.3, -0.25) is 9.59 Å². The maximum atomic E-state index is 11.7. The number of hydrogen-bond acceptors (Lipinski definition) is 3. The van der Waals surface area contributed by atoms with Crippen LogP contribution in [0.2, 0.25) is 0 Å². The molecule has 1 amide bonds. The summed E-state index contributed by atoms with van der Waals surface area (Å²) < 4.78 is 6.32. The number of nitrogens with zero attached hydrogens (tertiary/aromatic N) is 1. The number of likely N-dealkylation sites (tertiary alicyclic amines) is 1. The van der Waals surface area contributed by atoms with Gasteiger partial charge in [0.1, 0.15) is 5.75 Å². The number of amides is 1. The molecule has 1 saturated heterocycles. The number of hydrogen-bond donors (Lipinski definition) is 1. The lowest BCUT2D eigenvalue weighted by atomic mass is 9.96. The lowest BCUT2D eigenvalue weighted by molar-refractivity contribution is -0.146. The van der Waals surface area contributed by atoms with Crippen molar-refractivity contribution in [3.8, 4) is 5.75 Å². The predicted molar refractivity (Wildman–Crippen MR) is 72.0 cm³/mol. The summed E-state index contributed by atoms with van der Waals surface area (Å²) in [4.78, 5) is 23.8. The van der Waals surface area contributed by atoms with Gasteiger partial charge in [0.2, 0.25) is 0 Å². The molecule has 1 aliphatic heterocycles. The van der Waals surface area contributed by atoms with Crippen molar-refractivity contribution in [2.75, 3.05) is 19.7 Å². The van der Waals surface area contributed by atoms with Crippen LogP contribution < -0.4 is 4.74 Å². The fourth-order valence-electron chi connectivity index (χ4n) is 1.92. The summed E-state index contributed by atoms with van der Waals surface area (Å²) in [5.41, 5.74) is 0. The highest BCUT2D eigenvalue weighted by atomic mass is 79.9. The molecule has 102 valence electrons. The second kappa shape index (κ2) is 6.06. The Labute approximate surface area is 119 Å². The van der Waals surface area contributed by atoms with Crippen LogP contribution in [-0.4, -0.2) is 41.6 Å². The Morgan fingerprint density at radius 3 is 2.53 bits per heavy atom. The second-order valence-corrected chi connectivity index (χ2v) is 5.42. The van der Waals surface area contributed by atoms with Gasteiger partial charge in [-0.25, -0.2) is 0 Å². The van der Waals surface area contributed by atoms with Crippen molar-refractivity contribution in [1.29, 1.82) is 0 Å². The van der Waals surface area contributed by atoms with Crippen LogP contribution in [-0.2, 0) is 9.59 Å². The Kier molecular flexibility index (Phi) is 4.42. The summed E-state index contributed by atoms with van der Waals surface area (Å²) in [7, 11) is 0. The fourth-order valence-corrected chi connectivity index (χ4v) is 2.18. The molecular formula is C13H14BrNO4. The maximum absolute atomic E-state index is 11.7. The van der Waals surface area contributed by atoms with E-state index >= 15 is 0 Å². The maximum Gasteiger partial charge on any atom is 0.303 e. The number of ether oxygens (including phenoxy) is 1. The van der Waals surface area contributed by atoms with Crippen molar-refractivity contribution in [2.45, 2.75) is 6.42 Å². The zero-order chi connectivity index (χ0) is 13.8. The van der Waals surface area contributed by atoms with Crippen LogP contribution >= 0.6 is 15.9 Å². The van der Waals surface area contributed by atoms with Gasteiger partial charge >= 0.3 is 5.97 Å². The van der Waals surface area contributed by atoms with Crippen molar-refractivity contribution >= 4 is 27.8 Å². The molecule has 1 aliphatic rings. The number of carbonyl (C=O) groups is 2. The molecule has 1 fully saturated rings. The molecule has 19 heavy (non-hydrogen) atoms. The number of halogens is 1. The molecule has 0 bridgehead atoms. The fraction of sp³-hybridized carbons (Fsp3) is 0.385. The van der Waals surface area contributed by atoms with Crippen LogP contribution in [0.5, 0.6) is 5.75 Å². The third-order valence-corrected chi connectivity index (χ3v) is 3.48. The van der Waals surface area contributed by atoms with Crippen molar-refractivity contribution in [3.63, 3.8) is 0 Å². The Morgan fingerprint density at radius 1 is 1.32 bits per heavy atom. The number of carboxylic acids is 1. The molecule has 0 aromatic heterocycles. The van der Waals surface area contributed by atoms with E-state index in [1.54, 1.807) is 17.0 Å². The van der Waals surface area contributed by atoms with Crippen LogP contribution in [0.1, 0.15) is 6.42 Å². The van der Waals surface area contributed by atoms with Gasteiger partial charge in [0.05, 0.1) is 6.42 Å². The first kappa shape index (κ1) is 13.9. The zero-order valence-electron chi connectivity index (χ0n) is 10.2. The first-order valence-electron chi connectivity index (χ1n) is 5.92. The Morgan fingerprint density at radius 2 is 1.95 bits per heavy atom. The standard InChI is InChI=1S/C13H14BrNO4/c14-10-1-3-11(4-2-10)19-8-12(16)15-6-9(7-15)5-13(17)18/h1-4,9H,5-8H2,(H,17,18). The Balaban J connectivity index is 1.71. The van der Waals surface area contributed by atoms with Crippen LogP contribution in [0.15, 0.2) is 28.7 Å². The molecule has 0 aliphatic carbocycles. The quantitative estimate of drug-likeness (QED) is 0.894. The minimum Gasteiger partial charge on any atom is -0.484 e. The van der Waals surface area contributed by atoms with Gasteiger partial charge in [-0.15, -0.1) is 0 Å². The van der Waals surface area contributed by atoms with Crippen LogP contribution in [0.4, 0.5) is 0 Å². The van der Waals surface area contributed by atoms with Crippen LogP contribution in [0.25, 0.3) is 0 Å². The summed E-state index contributed by atoms with van der Waals surface area (Å²) >= 11 is 3.32. The van der Waals surface area contributed by atoms with Crippen molar-refractivity contribution in [1.82, 2.24) is 4.90 Å². The largest absolute Gasteiger partial charge is 0.484 e. The van der Waals surface area contributed by atoms with E-state index in [1.807, 2.05) is 12.1 Å². The Bertz CT molecular complexity index is 468. The summed E-state index contributed by atoms with van der Waals surface area (Å²) in [6.45, 7) is 1.01. The summed E-state index contributed by atoms with van der Waals surface area (Å²) in [5, 5.41) is 8.62. The van der Waals surface area contributed by atoms with E-state index in [2.05, 4.69) is 15.9 Å². The van der Waals surface area contributed by atoms with E-state index in [0.717, 1.165) is 4.47 Å². The molecule has 1 aromatic carbocycles. The summed E-state index contributed by atoms with van der Waals surface area (Å²) in [6.07, 6.45) is 0.122. The van der Waals surface area contributed by atoms with Gasteiger partial charge in [-0.05, 0) is 24.3 Å². The molecule has 6 heteroatoms. The van der Waals surface area contributed by atoms with Crippen LogP contribution in [0, 0.1) is 5.92 Å². The van der Waals surface area contributed by atoms with Gasteiger partial charge in [-0.1, -0.05) is 15.9 Å². The minimum absolute atomic E-state index is 0.0125. The van der Waals surface area contributed by atoms with Gasteiger partial charge in [0, 0.05) is 23.5 Å². The van der Waals surface area contributed by atoms with E-state index in [1.165, 1.54) is 0 Å². The van der Waals surface area contributed by atoms with Gasteiger partial charge in [0.15, 0.2) is 6.61 Å². The number of aliphatic carboxylic acids is 1. The average Bonchev–Trinajstić information content (AvgIpc) is 2.32. The third kappa shape index (κ3) is 3.96. The molecule has 0 saturated carbocycles. The molecule has 1 N–H and O–H groups in total. The molecule has 1 aromatic rings. The Hall–Kier alpha value is -1.56. The third-order valence-electron chi connectivity index (χ3n) is 2.95. The van der Waals surface area contributed by atoms with Gasteiger partial charge in [-0.2, -0.15) is 0 Å². The highest BCUT2D eigenvalue weighted by Crippen LogP contribution is 2.20. The highest BCUT2D eigenvalue weighted by Gasteiger charge is 2.31. The van der Waals surface area contributed by atoms with Crippen molar-refractivity contribution in [3.05, 3.63) is 28.7 Å². The highest BCUT2D eigenvalue weighted by molar-refractivity contribution is 9.10. The van der Waals surface area contributed by atoms with E-state index in [4.69, 9.17) is 9.84 Å². The second-order valence-electron chi connectivity index (χ2n) is 4.51. The smallest absolute Gasteiger partial charge is 0.303 e. The SMILES string of the molecule is O=C(O)CC1CN(C(=O)COc2ccc(Br)cc2)C1. The molecule has 0 unspecified atom stereocenters. The molecule has 0 radical (unpaired) electrons. The molecule has 0 atom stereocenters. The molecular weight excluding hydrogens is 314 g/mol. The van der Waals surface area contributed by atoms with E-state index in [9.17, 15) is 9.59 Å². The number of carboxylic acid groups (broad SMARTS) is 1. The van der Waals surface area contributed by atoms with Gasteiger partial charge in [0.25, 0.3) is 5.91 Å². The summed E-state index contributed by atoms with van der Waals surface area (Å²) in [6, 6.07) is 7.24. The lowest BCUT2D eigenvalue weighted by Gasteiger charge is -2.38. The van der Waals surface area contributed by atoms with E-state index < -0.39 is 5.97 Å². The molecule has 1 heterocycles. The van der Waals surface area contributed by atoms with Crippen LogP contribution in [0.3, 0.4) is 0 Å². The lowest BCUT2D eigenvalue weighted by Crippen LogP contribution is -2.52. The molecule has 5 nitrogen and oxygen atoms in total. The minimum atomic E-state index is -0.816. The first-order valence-corrected chi connectivity index (χ1v) is 6.72. The topological polar surface area (TPSA) is 66.8 Å². The zero-order valence-corrected chi connectivity index (χ0v) is 11.8. The first-order chi connectivity index (χ1) is 9.04. The number of rotatable bonds is 5. The van der Waals surface area contributed by atoms with E-state index in [-0.39, 0.29) is 24.9 Å². The number of carbonyl (C=O) groups excluding carboxylic acids is 1. The van der Waals surface area contributed by atoms with Crippen molar-refractivity contribution in [2.24, 2.45) is 5.92 Å². The molecule has 0 spiro atoms. The molecule has 2 rings (SSSR count). The van der Waals surface area contributed by atoms with Crippen molar-refractivity contribution < 1.29 is 19.4 Å². The normalized spacial score (nSPS) is 14.9. The average molecular weight is 328 g/mol. The summed E-state index contributed by atoms with van der Waals surface area (Å²) in [5.74, 6) is -0.207. The monoisotopic (exact) mass is 327 g/mol. The van der Waals surface area contributed by atoms with E-state index in [0.29, 0.717) is 18.8 Å². The predicted octanol–water partition coefficient (Wildman–Crippen LogP) is 1.76. The van der Waals surface area contributed by atoms with Gasteiger partial charge < -0.3 is 14.7 Å².